The summed E-state index contributed by atoms with van der Waals surface area (Å²) in [5.41, 5.74) is -0.713. The van der Waals surface area contributed by atoms with Crippen molar-refractivity contribution in [2.24, 2.45) is 0 Å². The number of aromatic nitrogens is 2. The molecule has 0 aliphatic carbocycles. The van der Waals surface area contributed by atoms with E-state index in [0.29, 0.717) is 34.3 Å². The molecule has 0 aliphatic rings. The number of fused-ring (bicyclic) bond motifs is 3. The summed E-state index contributed by atoms with van der Waals surface area (Å²) in [5.74, 6) is -2.52. The van der Waals surface area contributed by atoms with Crippen LogP contribution < -0.4 is 21.5 Å². The van der Waals surface area contributed by atoms with Crippen LogP contribution >= 0.6 is 0 Å². The summed E-state index contributed by atoms with van der Waals surface area (Å²) in [6.45, 7) is 1.24. The number of amides is 2. The van der Waals surface area contributed by atoms with Gasteiger partial charge in [0.05, 0.1) is 27.8 Å². The molecular formula is C32H28F4N6O3. The molecular weight excluding hydrogens is 592 g/mol. The van der Waals surface area contributed by atoms with Gasteiger partial charge in [0.15, 0.2) is 0 Å². The fourth-order valence-corrected chi connectivity index (χ4v) is 4.93. The number of carbonyl (C=O) groups is 2. The summed E-state index contributed by atoms with van der Waals surface area (Å²) >= 11 is 0. The molecule has 0 fully saturated rings. The van der Waals surface area contributed by atoms with Gasteiger partial charge in [-0.2, -0.15) is 13.2 Å². The SMILES string of the molecule is CN(C)CCCNC(=O)c1cccc2c1c(=O)[nH]c1nccc(Nc3ccc(NC(=O)c4ccc(F)cc4C(F)(F)F)cc3)c12. The van der Waals surface area contributed by atoms with E-state index >= 15 is 0 Å². The summed E-state index contributed by atoms with van der Waals surface area (Å²) in [6, 6.07) is 14.7. The Labute approximate surface area is 254 Å². The molecule has 2 aromatic heterocycles. The van der Waals surface area contributed by atoms with Crippen LogP contribution in [0.5, 0.6) is 0 Å². The van der Waals surface area contributed by atoms with Crippen molar-refractivity contribution in [1.29, 1.82) is 0 Å². The first-order valence-electron chi connectivity index (χ1n) is 13.8. The third kappa shape index (κ3) is 6.93. The first-order chi connectivity index (χ1) is 21.4. The Balaban J connectivity index is 1.41. The number of pyridine rings is 2. The highest BCUT2D eigenvalue weighted by atomic mass is 19.4. The second-order valence-corrected chi connectivity index (χ2v) is 10.5. The lowest BCUT2D eigenvalue weighted by atomic mass is 10.0. The highest BCUT2D eigenvalue weighted by molar-refractivity contribution is 6.16. The van der Waals surface area contributed by atoms with Crippen LogP contribution in [-0.4, -0.2) is 53.9 Å². The number of halogens is 4. The molecule has 0 saturated heterocycles. The summed E-state index contributed by atoms with van der Waals surface area (Å²) in [6.07, 6.45) is -2.67. The van der Waals surface area contributed by atoms with Gasteiger partial charge in [-0.1, -0.05) is 12.1 Å². The van der Waals surface area contributed by atoms with Crippen LogP contribution in [0.15, 0.2) is 77.7 Å². The van der Waals surface area contributed by atoms with Gasteiger partial charge in [0, 0.05) is 34.9 Å². The molecule has 2 heterocycles. The molecule has 5 aromatic rings. The number of benzene rings is 3. The van der Waals surface area contributed by atoms with Crippen molar-refractivity contribution < 1.29 is 27.2 Å². The molecule has 0 unspecified atom stereocenters. The van der Waals surface area contributed by atoms with Gasteiger partial charge >= 0.3 is 6.18 Å². The molecule has 3 aromatic carbocycles. The van der Waals surface area contributed by atoms with Crippen molar-refractivity contribution in [3.63, 3.8) is 0 Å². The maximum absolute atomic E-state index is 13.4. The van der Waals surface area contributed by atoms with Crippen molar-refractivity contribution in [1.82, 2.24) is 20.2 Å². The molecule has 9 nitrogen and oxygen atoms in total. The summed E-state index contributed by atoms with van der Waals surface area (Å²) in [5, 5.41) is 9.78. The van der Waals surface area contributed by atoms with Gasteiger partial charge in [-0.25, -0.2) is 9.37 Å². The zero-order valence-corrected chi connectivity index (χ0v) is 24.2. The van der Waals surface area contributed by atoms with Crippen molar-refractivity contribution in [3.8, 4) is 0 Å². The van der Waals surface area contributed by atoms with E-state index in [4.69, 9.17) is 0 Å². The van der Waals surface area contributed by atoms with Crippen LogP contribution in [0, 0.1) is 5.82 Å². The molecule has 232 valence electrons. The topological polar surface area (TPSA) is 119 Å². The summed E-state index contributed by atoms with van der Waals surface area (Å²) < 4.78 is 53.5. The second kappa shape index (κ2) is 12.7. The molecule has 0 spiro atoms. The number of aromatic amines is 1. The number of alkyl halides is 3. The molecule has 13 heteroatoms. The Bertz CT molecular complexity index is 1960. The van der Waals surface area contributed by atoms with Crippen LogP contribution in [0.4, 0.5) is 34.6 Å². The number of rotatable bonds is 9. The van der Waals surface area contributed by atoms with Gasteiger partial charge in [0.1, 0.15) is 11.5 Å². The number of anilines is 3. The first kappa shape index (κ1) is 31.1. The molecule has 0 saturated carbocycles. The van der Waals surface area contributed by atoms with Crippen LogP contribution in [0.3, 0.4) is 0 Å². The highest BCUT2D eigenvalue weighted by Crippen LogP contribution is 2.34. The number of hydrogen-bond acceptors (Lipinski definition) is 6. The van der Waals surface area contributed by atoms with Crippen LogP contribution in [-0.2, 0) is 6.18 Å². The fraction of sp³-hybridized carbons (Fsp3) is 0.188. The molecule has 0 radical (unpaired) electrons. The van der Waals surface area contributed by atoms with E-state index in [1.54, 1.807) is 36.4 Å². The average Bonchev–Trinajstić information content (AvgIpc) is 2.99. The Hall–Kier alpha value is -5.30. The van der Waals surface area contributed by atoms with Crippen LogP contribution in [0.2, 0.25) is 0 Å². The quantitative estimate of drug-likeness (QED) is 0.0925. The normalized spacial score (nSPS) is 11.6. The molecule has 0 bridgehead atoms. The first-order valence-corrected chi connectivity index (χ1v) is 13.8. The summed E-state index contributed by atoms with van der Waals surface area (Å²) in [7, 11) is 3.88. The standard InChI is InChI=1S/C32H28F4N6O3/c1-42(2)16-4-14-38-29(43)23-6-3-5-22-26(23)31(45)41-28-27(22)25(13-15-37-28)39-19-8-10-20(11-9-19)40-30(44)21-12-7-18(33)17-24(21)32(34,35)36/h3,5-13,15,17H,4,14,16H2,1-2H3,(H,38,43)(H,40,44)(H2,37,39,41,45). The predicted molar refractivity (Wildman–Crippen MR) is 164 cm³/mol. The number of hydrogen-bond donors (Lipinski definition) is 4. The average molecular weight is 621 g/mol. The molecule has 0 aliphatic heterocycles. The van der Waals surface area contributed by atoms with Crippen LogP contribution in [0.25, 0.3) is 21.8 Å². The zero-order valence-electron chi connectivity index (χ0n) is 24.2. The lowest BCUT2D eigenvalue weighted by molar-refractivity contribution is -0.138. The highest BCUT2D eigenvalue weighted by Gasteiger charge is 2.35. The van der Waals surface area contributed by atoms with E-state index in [0.717, 1.165) is 25.1 Å². The maximum Gasteiger partial charge on any atom is 0.417 e. The third-order valence-electron chi connectivity index (χ3n) is 7.01. The Morgan fingerprint density at radius 2 is 1.64 bits per heavy atom. The smallest absolute Gasteiger partial charge is 0.355 e. The van der Waals surface area contributed by atoms with Crippen molar-refractivity contribution in [2.45, 2.75) is 12.6 Å². The molecule has 2 amide bonds. The second-order valence-electron chi connectivity index (χ2n) is 10.5. The Morgan fingerprint density at radius 1 is 0.911 bits per heavy atom. The van der Waals surface area contributed by atoms with Gasteiger partial charge in [0.25, 0.3) is 17.4 Å². The van der Waals surface area contributed by atoms with Crippen molar-refractivity contribution in [3.05, 3.63) is 106 Å². The van der Waals surface area contributed by atoms with Gasteiger partial charge in [-0.15, -0.1) is 0 Å². The van der Waals surface area contributed by atoms with E-state index in [2.05, 4.69) is 25.9 Å². The molecule has 5 rings (SSSR count). The predicted octanol–water partition coefficient (Wildman–Crippen LogP) is 5.91. The third-order valence-corrected chi connectivity index (χ3v) is 7.01. The van der Waals surface area contributed by atoms with Crippen LogP contribution in [0.1, 0.15) is 32.7 Å². The van der Waals surface area contributed by atoms with E-state index in [-0.39, 0.29) is 28.6 Å². The molecule has 0 atom stereocenters. The monoisotopic (exact) mass is 620 g/mol. The molecule has 4 N–H and O–H groups in total. The zero-order chi connectivity index (χ0) is 32.3. The fourth-order valence-electron chi connectivity index (χ4n) is 4.93. The maximum atomic E-state index is 13.4. The van der Waals surface area contributed by atoms with Crippen molar-refractivity contribution >= 4 is 50.7 Å². The number of nitrogens with one attached hydrogen (secondary N) is 4. The van der Waals surface area contributed by atoms with E-state index in [1.165, 1.54) is 18.3 Å². The minimum atomic E-state index is -4.92. The number of H-pyrrole nitrogens is 1. The van der Waals surface area contributed by atoms with Crippen molar-refractivity contribution in [2.75, 3.05) is 37.8 Å². The Kier molecular flexibility index (Phi) is 8.82. The van der Waals surface area contributed by atoms with Gasteiger partial charge in [-0.3, -0.25) is 14.4 Å². The number of carbonyl (C=O) groups excluding carboxylic acids is 2. The van der Waals surface area contributed by atoms with Gasteiger partial charge < -0.3 is 25.8 Å². The van der Waals surface area contributed by atoms with Gasteiger partial charge in [0.2, 0.25) is 0 Å². The van der Waals surface area contributed by atoms with Gasteiger partial charge in [-0.05, 0) is 81.7 Å². The lowest BCUT2D eigenvalue weighted by Crippen LogP contribution is -2.28. The Morgan fingerprint density at radius 3 is 2.36 bits per heavy atom. The summed E-state index contributed by atoms with van der Waals surface area (Å²) in [4.78, 5) is 47.8. The lowest BCUT2D eigenvalue weighted by Gasteiger charge is -2.15. The minimum Gasteiger partial charge on any atom is -0.355 e. The largest absolute Gasteiger partial charge is 0.417 e. The van der Waals surface area contributed by atoms with E-state index < -0.39 is 34.6 Å². The molecule has 45 heavy (non-hydrogen) atoms. The van der Waals surface area contributed by atoms with E-state index in [9.17, 15) is 31.9 Å². The van der Waals surface area contributed by atoms with E-state index in [1.807, 2.05) is 19.0 Å². The number of nitrogens with zero attached hydrogens (tertiary/aromatic N) is 2. The minimum absolute atomic E-state index is 0.207.